The van der Waals surface area contributed by atoms with Gasteiger partial charge in [0.25, 0.3) is 0 Å². The van der Waals surface area contributed by atoms with E-state index < -0.39 is 0 Å². The van der Waals surface area contributed by atoms with E-state index in [1.165, 1.54) is 25.7 Å². The predicted molar refractivity (Wildman–Crippen MR) is 43.8 cm³/mol. The monoisotopic (exact) mass is 136 g/mol. The molecule has 0 spiro atoms. The topological polar surface area (TPSA) is 0 Å². The fraction of sp³-hybridized carbons (Fsp3) is 0.800. The van der Waals surface area contributed by atoms with Crippen molar-refractivity contribution in [3.8, 4) is 0 Å². The van der Waals surface area contributed by atoms with E-state index in [-0.39, 0.29) is 0 Å². The molecule has 0 aromatic carbocycles. The van der Waals surface area contributed by atoms with Gasteiger partial charge in [-0.1, -0.05) is 31.9 Å². The molecule has 2 aliphatic rings. The van der Waals surface area contributed by atoms with E-state index in [4.69, 9.17) is 0 Å². The standard InChI is InChI=1S/C10H16/c1-8-3-2-4-10(8)7-9-5-6-9/h2-3,8-10H,4-7H2,1H3. The lowest BCUT2D eigenvalue weighted by atomic mass is 9.92. The van der Waals surface area contributed by atoms with Crippen LogP contribution in [0, 0.1) is 17.8 Å². The van der Waals surface area contributed by atoms with Crippen molar-refractivity contribution < 1.29 is 0 Å². The summed E-state index contributed by atoms with van der Waals surface area (Å²) in [5.41, 5.74) is 0. The molecule has 0 radical (unpaired) electrons. The third-order valence-electron chi connectivity index (χ3n) is 2.96. The predicted octanol–water partition coefficient (Wildman–Crippen LogP) is 3.00. The molecule has 0 heteroatoms. The van der Waals surface area contributed by atoms with Crippen molar-refractivity contribution in [2.75, 3.05) is 0 Å². The van der Waals surface area contributed by atoms with E-state index in [0.29, 0.717) is 0 Å². The lowest BCUT2D eigenvalue weighted by Gasteiger charge is -2.13. The Balaban J connectivity index is 1.81. The zero-order valence-corrected chi connectivity index (χ0v) is 6.72. The maximum absolute atomic E-state index is 2.38. The van der Waals surface area contributed by atoms with Crippen LogP contribution in [0.3, 0.4) is 0 Å². The van der Waals surface area contributed by atoms with Crippen molar-refractivity contribution in [2.24, 2.45) is 17.8 Å². The summed E-state index contributed by atoms with van der Waals surface area (Å²) in [6.45, 7) is 2.36. The number of hydrogen-bond donors (Lipinski definition) is 0. The van der Waals surface area contributed by atoms with Crippen LogP contribution in [0.1, 0.15) is 32.6 Å². The Labute approximate surface area is 63.3 Å². The first-order chi connectivity index (χ1) is 4.86. The van der Waals surface area contributed by atoms with E-state index in [1.807, 2.05) is 0 Å². The van der Waals surface area contributed by atoms with E-state index in [0.717, 1.165) is 17.8 Å². The molecular formula is C10H16. The van der Waals surface area contributed by atoms with Crippen LogP contribution in [0.5, 0.6) is 0 Å². The Bertz CT molecular complexity index is 142. The lowest BCUT2D eigenvalue weighted by Crippen LogP contribution is -2.04. The van der Waals surface area contributed by atoms with Crippen LogP contribution in [0.15, 0.2) is 12.2 Å². The first-order valence-electron chi connectivity index (χ1n) is 4.53. The van der Waals surface area contributed by atoms with Crippen molar-refractivity contribution in [3.63, 3.8) is 0 Å². The first kappa shape index (κ1) is 6.45. The van der Waals surface area contributed by atoms with Crippen LogP contribution in [-0.2, 0) is 0 Å². The third-order valence-corrected chi connectivity index (χ3v) is 2.96. The molecule has 56 valence electrons. The molecule has 0 aliphatic heterocycles. The second-order valence-electron chi connectivity index (χ2n) is 3.96. The molecule has 2 unspecified atom stereocenters. The molecule has 0 saturated heterocycles. The average molecular weight is 136 g/mol. The zero-order chi connectivity index (χ0) is 6.97. The largest absolute Gasteiger partial charge is 0.0880 e. The Hall–Kier alpha value is -0.260. The molecule has 0 N–H and O–H groups in total. The molecule has 0 aromatic rings. The number of allylic oxidation sites excluding steroid dienone is 2. The molecule has 0 nitrogen and oxygen atoms in total. The molecule has 0 aromatic heterocycles. The van der Waals surface area contributed by atoms with Gasteiger partial charge in [-0.3, -0.25) is 0 Å². The highest BCUT2D eigenvalue weighted by molar-refractivity contribution is 5.00. The van der Waals surface area contributed by atoms with E-state index >= 15 is 0 Å². The molecule has 2 atom stereocenters. The van der Waals surface area contributed by atoms with Crippen molar-refractivity contribution in [2.45, 2.75) is 32.6 Å². The van der Waals surface area contributed by atoms with Crippen LogP contribution in [0.4, 0.5) is 0 Å². The third kappa shape index (κ3) is 1.25. The summed E-state index contributed by atoms with van der Waals surface area (Å²) in [5, 5.41) is 0. The van der Waals surface area contributed by atoms with Gasteiger partial charge in [0.05, 0.1) is 0 Å². The van der Waals surface area contributed by atoms with Crippen molar-refractivity contribution >= 4 is 0 Å². The summed E-state index contributed by atoms with van der Waals surface area (Å²) in [6.07, 6.45) is 10.6. The van der Waals surface area contributed by atoms with Gasteiger partial charge in [-0.2, -0.15) is 0 Å². The number of hydrogen-bond acceptors (Lipinski definition) is 0. The second-order valence-corrected chi connectivity index (χ2v) is 3.96. The Kier molecular flexibility index (Phi) is 1.55. The highest BCUT2D eigenvalue weighted by Gasteiger charge is 2.28. The summed E-state index contributed by atoms with van der Waals surface area (Å²) in [5.74, 6) is 3.00. The van der Waals surface area contributed by atoms with Crippen molar-refractivity contribution in [1.29, 1.82) is 0 Å². The minimum Gasteiger partial charge on any atom is -0.0880 e. The van der Waals surface area contributed by atoms with Crippen LogP contribution in [0.2, 0.25) is 0 Å². The number of rotatable bonds is 2. The Morgan fingerprint density at radius 2 is 2.20 bits per heavy atom. The summed E-state index contributed by atoms with van der Waals surface area (Å²) >= 11 is 0. The SMILES string of the molecule is CC1C=CCC1CC1CC1. The van der Waals surface area contributed by atoms with E-state index in [2.05, 4.69) is 19.1 Å². The Morgan fingerprint density at radius 1 is 1.40 bits per heavy atom. The molecule has 0 bridgehead atoms. The van der Waals surface area contributed by atoms with Gasteiger partial charge in [0.2, 0.25) is 0 Å². The van der Waals surface area contributed by atoms with Gasteiger partial charge in [-0.25, -0.2) is 0 Å². The molecule has 1 saturated carbocycles. The van der Waals surface area contributed by atoms with Crippen molar-refractivity contribution in [1.82, 2.24) is 0 Å². The van der Waals surface area contributed by atoms with Crippen LogP contribution in [0.25, 0.3) is 0 Å². The smallest absolute Gasteiger partial charge is 0.0231 e. The van der Waals surface area contributed by atoms with Crippen LogP contribution >= 0.6 is 0 Å². The second kappa shape index (κ2) is 2.41. The molecule has 2 rings (SSSR count). The van der Waals surface area contributed by atoms with Gasteiger partial charge in [0.15, 0.2) is 0 Å². The maximum Gasteiger partial charge on any atom is -0.0231 e. The highest BCUT2D eigenvalue weighted by Crippen LogP contribution is 2.40. The van der Waals surface area contributed by atoms with Gasteiger partial charge in [-0.05, 0) is 30.6 Å². The summed E-state index contributed by atoms with van der Waals surface area (Å²) < 4.78 is 0. The maximum atomic E-state index is 2.38. The van der Waals surface area contributed by atoms with Crippen molar-refractivity contribution in [3.05, 3.63) is 12.2 Å². The minimum atomic E-state index is 0.876. The summed E-state index contributed by atoms with van der Waals surface area (Å²) in [6, 6.07) is 0. The summed E-state index contributed by atoms with van der Waals surface area (Å²) in [4.78, 5) is 0. The average Bonchev–Trinajstić information content (AvgIpc) is 2.62. The highest BCUT2D eigenvalue weighted by atomic mass is 14.3. The fourth-order valence-corrected chi connectivity index (χ4v) is 1.93. The van der Waals surface area contributed by atoms with Gasteiger partial charge in [0, 0.05) is 0 Å². The summed E-state index contributed by atoms with van der Waals surface area (Å²) in [7, 11) is 0. The molecule has 10 heavy (non-hydrogen) atoms. The molecule has 0 amide bonds. The van der Waals surface area contributed by atoms with Crippen LogP contribution in [-0.4, -0.2) is 0 Å². The van der Waals surface area contributed by atoms with E-state index in [9.17, 15) is 0 Å². The lowest BCUT2D eigenvalue weighted by molar-refractivity contribution is 0.398. The van der Waals surface area contributed by atoms with Gasteiger partial charge in [0.1, 0.15) is 0 Å². The molecule has 0 heterocycles. The first-order valence-corrected chi connectivity index (χ1v) is 4.53. The Morgan fingerprint density at radius 3 is 2.70 bits per heavy atom. The fourth-order valence-electron chi connectivity index (χ4n) is 1.93. The minimum absolute atomic E-state index is 0.876. The normalized spacial score (nSPS) is 38.9. The van der Waals surface area contributed by atoms with E-state index in [1.54, 1.807) is 0 Å². The van der Waals surface area contributed by atoms with Gasteiger partial charge < -0.3 is 0 Å². The van der Waals surface area contributed by atoms with Gasteiger partial charge in [-0.15, -0.1) is 0 Å². The van der Waals surface area contributed by atoms with Gasteiger partial charge >= 0.3 is 0 Å². The molecule has 2 aliphatic carbocycles. The van der Waals surface area contributed by atoms with Crippen LogP contribution < -0.4 is 0 Å². The quantitative estimate of drug-likeness (QED) is 0.512. The molecular weight excluding hydrogens is 120 g/mol. The zero-order valence-electron chi connectivity index (χ0n) is 6.72. The molecule has 1 fully saturated rings.